The molecule has 0 bridgehead atoms. The Labute approximate surface area is 95.6 Å². The van der Waals surface area contributed by atoms with Crippen LogP contribution in [0.3, 0.4) is 0 Å². The first-order chi connectivity index (χ1) is 7.66. The van der Waals surface area contributed by atoms with Crippen LogP contribution in [0.4, 0.5) is 0 Å². The summed E-state index contributed by atoms with van der Waals surface area (Å²) in [4.78, 5) is 11.4. The Morgan fingerprint density at radius 2 is 2.00 bits per heavy atom. The highest BCUT2D eigenvalue weighted by Gasteiger charge is 2.68. The van der Waals surface area contributed by atoms with Crippen LogP contribution in [-0.2, 0) is 14.9 Å². The second kappa shape index (κ2) is 3.09. The average molecular weight is 216 g/mol. The molecular formula is C14H16O2. The predicted octanol–water partition coefficient (Wildman–Crippen LogP) is 2.81. The van der Waals surface area contributed by atoms with Crippen LogP contribution in [0.2, 0.25) is 0 Å². The molecule has 1 aliphatic heterocycles. The van der Waals surface area contributed by atoms with Crippen molar-refractivity contribution >= 4 is 5.97 Å². The zero-order valence-corrected chi connectivity index (χ0v) is 9.53. The van der Waals surface area contributed by atoms with Gasteiger partial charge in [-0.2, -0.15) is 0 Å². The highest BCUT2D eigenvalue weighted by molar-refractivity contribution is 5.72. The number of carbonyl (C=O) groups excluding carboxylic acids is 1. The highest BCUT2D eigenvalue weighted by Crippen LogP contribution is 2.63. The second-order valence-electron chi connectivity index (χ2n) is 5.20. The third-order valence-corrected chi connectivity index (χ3v) is 4.20. The summed E-state index contributed by atoms with van der Waals surface area (Å²) in [6.45, 7) is 2.21. The minimum Gasteiger partial charge on any atom is -0.458 e. The first-order valence-corrected chi connectivity index (χ1v) is 5.94. The van der Waals surface area contributed by atoms with Crippen molar-refractivity contribution in [1.29, 1.82) is 0 Å². The lowest BCUT2D eigenvalue weighted by molar-refractivity contribution is -0.157. The van der Waals surface area contributed by atoms with E-state index in [4.69, 9.17) is 4.74 Å². The zero-order chi connectivity index (χ0) is 11.2. The summed E-state index contributed by atoms with van der Waals surface area (Å²) < 4.78 is 5.62. The maximum Gasteiger partial charge on any atom is 0.306 e. The van der Waals surface area contributed by atoms with Gasteiger partial charge in [-0.25, -0.2) is 0 Å². The minimum atomic E-state index is -0.191. The number of hydrogen-bond acceptors (Lipinski definition) is 2. The first-order valence-electron chi connectivity index (χ1n) is 5.94. The van der Waals surface area contributed by atoms with Crippen LogP contribution in [-0.4, -0.2) is 11.6 Å². The third-order valence-electron chi connectivity index (χ3n) is 4.20. The SMILES string of the molecule is CC1(c2ccccc2)CC12CCCC(=O)O2. The molecule has 1 saturated heterocycles. The predicted molar refractivity (Wildman–Crippen MR) is 61.1 cm³/mol. The maximum absolute atomic E-state index is 11.4. The molecule has 1 aliphatic carbocycles. The van der Waals surface area contributed by atoms with Crippen LogP contribution in [0, 0.1) is 0 Å². The summed E-state index contributed by atoms with van der Waals surface area (Å²) in [5, 5.41) is 0. The molecule has 2 unspecified atom stereocenters. The molecule has 84 valence electrons. The average Bonchev–Trinajstić information content (AvgIpc) is 2.85. The summed E-state index contributed by atoms with van der Waals surface area (Å²) in [6.07, 6.45) is 3.56. The van der Waals surface area contributed by atoms with Gasteiger partial charge in [-0.05, 0) is 18.4 Å². The molecule has 16 heavy (non-hydrogen) atoms. The molecule has 3 rings (SSSR count). The largest absolute Gasteiger partial charge is 0.458 e. The Balaban J connectivity index is 1.90. The van der Waals surface area contributed by atoms with E-state index >= 15 is 0 Å². The second-order valence-corrected chi connectivity index (χ2v) is 5.20. The molecule has 0 amide bonds. The van der Waals surface area contributed by atoms with Crippen molar-refractivity contribution in [3.8, 4) is 0 Å². The molecular weight excluding hydrogens is 200 g/mol. The fourth-order valence-corrected chi connectivity index (χ4v) is 3.05. The Morgan fingerprint density at radius 1 is 1.25 bits per heavy atom. The topological polar surface area (TPSA) is 26.3 Å². The van der Waals surface area contributed by atoms with Crippen LogP contribution in [0.5, 0.6) is 0 Å². The number of ether oxygens (including phenoxy) is 1. The van der Waals surface area contributed by atoms with Crippen LogP contribution < -0.4 is 0 Å². The van der Waals surface area contributed by atoms with E-state index in [1.165, 1.54) is 5.56 Å². The van der Waals surface area contributed by atoms with Crippen molar-refractivity contribution in [2.24, 2.45) is 0 Å². The zero-order valence-electron chi connectivity index (χ0n) is 9.53. The van der Waals surface area contributed by atoms with Crippen LogP contribution in [0.1, 0.15) is 38.2 Å². The van der Waals surface area contributed by atoms with Crippen LogP contribution in [0.25, 0.3) is 0 Å². The summed E-state index contributed by atoms with van der Waals surface area (Å²) in [6, 6.07) is 10.4. The summed E-state index contributed by atoms with van der Waals surface area (Å²) in [7, 11) is 0. The monoisotopic (exact) mass is 216 g/mol. The van der Waals surface area contributed by atoms with E-state index < -0.39 is 0 Å². The molecule has 0 aromatic heterocycles. The molecule has 1 spiro atoms. The Hall–Kier alpha value is -1.31. The molecule has 1 saturated carbocycles. The third kappa shape index (κ3) is 1.22. The Kier molecular flexibility index (Phi) is 1.91. The quantitative estimate of drug-likeness (QED) is 0.675. The highest BCUT2D eigenvalue weighted by atomic mass is 16.6. The lowest BCUT2D eigenvalue weighted by Gasteiger charge is -2.27. The lowest BCUT2D eigenvalue weighted by atomic mass is 9.90. The summed E-state index contributed by atoms with van der Waals surface area (Å²) in [5.74, 6) is -0.0223. The number of benzene rings is 1. The number of esters is 1. The summed E-state index contributed by atoms with van der Waals surface area (Å²) in [5.41, 5.74) is 1.15. The summed E-state index contributed by atoms with van der Waals surface area (Å²) >= 11 is 0. The van der Waals surface area contributed by atoms with E-state index in [2.05, 4.69) is 31.2 Å². The molecule has 1 aromatic carbocycles. The molecule has 1 heterocycles. The number of carbonyl (C=O) groups is 1. The van der Waals surface area contributed by atoms with Gasteiger partial charge in [-0.1, -0.05) is 37.3 Å². The van der Waals surface area contributed by atoms with Gasteiger partial charge in [0.1, 0.15) is 5.60 Å². The normalized spacial score (nSPS) is 37.2. The standard InChI is InChI=1S/C14H16O2/c1-13(11-6-3-2-4-7-11)10-14(13)9-5-8-12(15)16-14/h2-4,6-7H,5,8-10H2,1H3. The smallest absolute Gasteiger partial charge is 0.306 e. The van der Waals surface area contributed by atoms with Gasteiger partial charge >= 0.3 is 5.97 Å². The maximum atomic E-state index is 11.4. The van der Waals surface area contributed by atoms with Gasteiger partial charge in [0, 0.05) is 18.3 Å². The molecule has 0 N–H and O–H groups in total. The van der Waals surface area contributed by atoms with Crippen molar-refractivity contribution < 1.29 is 9.53 Å². The Bertz CT molecular complexity index is 426. The van der Waals surface area contributed by atoms with E-state index in [0.717, 1.165) is 19.3 Å². The van der Waals surface area contributed by atoms with Gasteiger partial charge in [0.25, 0.3) is 0 Å². The van der Waals surface area contributed by atoms with Crippen molar-refractivity contribution in [1.82, 2.24) is 0 Å². The molecule has 2 nitrogen and oxygen atoms in total. The molecule has 2 atom stereocenters. The minimum absolute atomic E-state index is 0.0223. The lowest BCUT2D eigenvalue weighted by Crippen LogP contribution is -2.32. The van der Waals surface area contributed by atoms with Gasteiger partial charge in [0.15, 0.2) is 0 Å². The van der Waals surface area contributed by atoms with E-state index in [-0.39, 0.29) is 17.0 Å². The van der Waals surface area contributed by atoms with Crippen molar-refractivity contribution in [3.05, 3.63) is 35.9 Å². The molecule has 2 fully saturated rings. The molecule has 2 aliphatic rings. The molecule has 1 aromatic rings. The van der Waals surface area contributed by atoms with Gasteiger partial charge in [-0.3, -0.25) is 4.79 Å². The van der Waals surface area contributed by atoms with E-state index in [1.54, 1.807) is 0 Å². The fraction of sp³-hybridized carbons (Fsp3) is 0.500. The Morgan fingerprint density at radius 3 is 2.69 bits per heavy atom. The fourth-order valence-electron chi connectivity index (χ4n) is 3.05. The van der Waals surface area contributed by atoms with Gasteiger partial charge in [0.2, 0.25) is 0 Å². The van der Waals surface area contributed by atoms with E-state index in [1.807, 2.05) is 6.07 Å². The van der Waals surface area contributed by atoms with Crippen molar-refractivity contribution in [2.75, 3.05) is 0 Å². The van der Waals surface area contributed by atoms with E-state index in [9.17, 15) is 4.79 Å². The number of hydrogen-bond donors (Lipinski definition) is 0. The van der Waals surface area contributed by atoms with E-state index in [0.29, 0.717) is 6.42 Å². The first kappa shape index (κ1) is 9.88. The van der Waals surface area contributed by atoms with Gasteiger partial charge in [0.05, 0.1) is 0 Å². The van der Waals surface area contributed by atoms with Crippen LogP contribution in [0.15, 0.2) is 30.3 Å². The van der Waals surface area contributed by atoms with Crippen molar-refractivity contribution in [2.45, 2.75) is 43.6 Å². The molecule has 2 heteroatoms. The number of rotatable bonds is 1. The molecule has 0 radical (unpaired) electrons. The van der Waals surface area contributed by atoms with Crippen molar-refractivity contribution in [3.63, 3.8) is 0 Å². The van der Waals surface area contributed by atoms with Gasteiger partial charge in [-0.15, -0.1) is 0 Å². The van der Waals surface area contributed by atoms with Crippen LogP contribution >= 0.6 is 0 Å². The van der Waals surface area contributed by atoms with Gasteiger partial charge < -0.3 is 4.74 Å².